The van der Waals surface area contributed by atoms with Gasteiger partial charge in [-0.05, 0) is 44.9 Å². The highest BCUT2D eigenvalue weighted by Crippen LogP contribution is 2.11. The van der Waals surface area contributed by atoms with Crippen molar-refractivity contribution in [2.75, 3.05) is 13.7 Å². The molecule has 5 heteroatoms. The first kappa shape index (κ1) is 18.3. The normalized spacial score (nSPS) is 12.6. The summed E-state index contributed by atoms with van der Waals surface area (Å²) in [5.41, 5.74) is 0.707. The molecule has 0 aliphatic carbocycles. The van der Waals surface area contributed by atoms with Crippen molar-refractivity contribution in [3.05, 3.63) is 29.8 Å². The molecule has 0 heterocycles. The van der Waals surface area contributed by atoms with Gasteiger partial charge in [0.15, 0.2) is 0 Å². The summed E-state index contributed by atoms with van der Waals surface area (Å²) >= 11 is 0. The molecule has 0 fully saturated rings. The predicted octanol–water partition coefficient (Wildman–Crippen LogP) is 3.09. The highest BCUT2D eigenvalue weighted by molar-refractivity contribution is 5.67. The van der Waals surface area contributed by atoms with E-state index in [0.717, 1.165) is 18.7 Å². The van der Waals surface area contributed by atoms with Gasteiger partial charge < -0.3 is 20.1 Å². The van der Waals surface area contributed by atoms with Crippen LogP contribution in [0.25, 0.3) is 0 Å². The molecule has 0 aliphatic rings. The maximum atomic E-state index is 11.6. The van der Waals surface area contributed by atoms with E-state index in [0.29, 0.717) is 6.54 Å². The van der Waals surface area contributed by atoms with Gasteiger partial charge in [-0.25, -0.2) is 4.79 Å². The number of hydrogen-bond acceptors (Lipinski definition) is 4. The molecule has 0 saturated heterocycles. The van der Waals surface area contributed by atoms with Gasteiger partial charge in [-0.1, -0.05) is 19.1 Å². The van der Waals surface area contributed by atoms with Crippen LogP contribution < -0.4 is 15.4 Å². The third-order valence-electron chi connectivity index (χ3n) is 3.14. The summed E-state index contributed by atoms with van der Waals surface area (Å²) in [5, 5.41) is 6.23. The van der Waals surface area contributed by atoms with Crippen molar-refractivity contribution in [2.24, 2.45) is 0 Å². The monoisotopic (exact) mass is 308 g/mol. The third-order valence-corrected chi connectivity index (χ3v) is 3.14. The van der Waals surface area contributed by atoms with Crippen LogP contribution in [0, 0.1) is 0 Å². The molecule has 0 bridgehead atoms. The summed E-state index contributed by atoms with van der Waals surface area (Å²) in [4.78, 5) is 11.6. The number of amides is 1. The van der Waals surface area contributed by atoms with E-state index in [2.05, 4.69) is 17.6 Å². The minimum atomic E-state index is -0.470. The Morgan fingerprint density at radius 2 is 1.86 bits per heavy atom. The molecule has 1 unspecified atom stereocenters. The summed E-state index contributed by atoms with van der Waals surface area (Å²) in [7, 11) is 1.66. The fourth-order valence-corrected chi connectivity index (χ4v) is 1.89. The van der Waals surface area contributed by atoms with Crippen LogP contribution in [0.2, 0.25) is 0 Å². The number of ether oxygens (including phenoxy) is 2. The first-order valence-electron chi connectivity index (χ1n) is 7.67. The molecule has 0 aliphatic heterocycles. The Kier molecular flexibility index (Phi) is 7.18. The molecule has 5 nitrogen and oxygen atoms in total. The zero-order valence-electron chi connectivity index (χ0n) is 14.2. The van der Waals surface area contributed by atoms with E-state index in [4.69, 9.17) is 9.47 Å². The molecule has 124 valence electrons. The number of methoxy groups -OCH3 is 1. The summed E-state index contributed by atoms with van der Waals surface area (Å²) < 4.78 is 10.4. The minimum absolute atomic E-state index is 0.203. The molecule has 1 aromatic rings. The number of carbonyl (C=O) groups excluding carboxylic acids is 1. The van der Waals surface area contributed by atoms with Crippen molar-refractivity contribution in [3.63, 3.8) is 0 Å². The number of carbonyl (C=O) groups is 1. The van der Waals surface area contributed by atoms with Crippen LogP contribution in [-0.4, -0.2) is 31.4 Å². The number of nitrogens with one attached hydrogen (secondary N) is 2. The van der Waals surface area contributed by atoms with Gasteiger partial charge in [-0.15, -0.1) is 0 Å². The van der Waals surface area contributed by atoms with Crippen molar-refractivity contribution >= 4 is 6.09 Å². The largest absolute Gasteiger partial charge is 0.497 e. The van der Waals surface area contributed by atoms with Crippen molar-refractivity contribution in [1.29, 1.82) is 0 Å². The molecule has 0 aromatic heterocycles. The summed E-state index contributed by atoms with van der Waals surface area (Å²) in [6, 6.07) is 8.14. The Morgan fingerprint density at radius 3 is 2.36 bits per heavy atom. The molecule has 1 rings (SSSR count). The van der Waals surface area contributed by atoms with Crippen LogP contribution in [0.3, 0.4) is 0 Å². The zero-order valence-corrected chi connectivity index (χ0v) is 14.2. The van der Waals surface area contributed by atoms with Gasteiger partial charge in [0.05, 0.1) is 7.11 Å². The lowest BCUT2D eigenvalue weighted by Crippen LogP contribution is -2.42. The number of rotatable bonds is 7. The van der Waals surface area contributed by atoms with Crippen LogP contribution in [0.5, 0.6) is 5.75 Å². The quantitative estimate of drug-likeness (QED) is 0.812. The van der Waals surface area contributed by atoms with Crippen LogP contribution in [-0.2, 0) is 11.3 Å². The lowest BCUT2D eigenvalue weighted by molar-refractivity contribution is 0.0522. The Morgan fingerprint density at radius 1 is 1.23 bits per heavy atom. The van der Waals surface area contributed by atoms with E-state index < -0.39 is 5.60 Å². The molecule has 0 saturated carbocycles. The van der Waals surface area contributed by atoms with Crippen molar-refractivity contribution in [2.45, 2.75) is 52.3 Å². The summed E-state index contributed by atoms with van der Waals surface area (Å²) in [6.45, 7) is 8.94. The number of hydrogen-bond donors (Lipinski definition) is 2. The zero-order chi connectivity index (χ0) is 16.6. The van der Waals surface area contributed by atoms with E-state index in [1.807, 2.05) is 45.0 Å². The second-order valence-electron chi connectivity index (χ2n) is 6.22. The summed E-state index contributed by atoms with van der Waals surface area (Å²) in [6.07, 6.45) is 0.545. The van der Waals surface area contributed by atoms with Crippen LogP contribution >= 0.6 is 0 Å². The highest BCUT2D eigenvalue weighted by atomic mass is 16.6. The van der Waals surface area contributed by atoms with Crippen LogP contribution in [0.15, 0.2) is 24.3 Å². The average molecular weight is 308 g/mol. The third kappa shape index (κ3) is 7.31. The molecule has 2 N–H and O–H groups in total. The van der Waals surface area contributed by atoms with Crippen molar-refractivity contribution in [3.8, 4) is 5.75 Å². The Labute approximate surface area is 133 Å². The van der Waals surface area contributed by atoms with Gasteiger partial charge in [0.1, 0.15) is 11.4 Å². The van der Waals surface area contributed by atoms with Gasteiger partial charge >= 0.3 is 6.09 Å². The Bertz CT molecular complexity index is 452. The molecule has 1 amide bonds. The maximum Gasteiger partial charge on any atom is 0.407 e. The number of alkyl carbamates (subject to hydrolysis) is 1. The summed E-state index contributed by atoms with van der Waals surface area (Å²) in [5.74, 6) is 0.849. The molecule has 1 aromatic carbocycles. The van der Waals surface area contributed by atoms with Crippen molar-refractivity contribution < 1.29 is 14.3 Å². The molecule has 1 atom stereocenters. The fourth-order valence-electron chi connectivity index (χ4n) is 1.89. The van der Waals surface area contributed by atoms with E-state index in [1.54, 1.807) is 7.11 Å². The van der Waals surface area contributed by atoms with E-state index in [1.165, 1.54) is 5.56 Å². The van der Waals surface area contributed by atoms with Crippen molar-refractivity contribution in [1.82, 2.24) is 10.6 Å². The maximum absolute atomic E-state index is 11.6. The molecule has 0 radical (unpaired) electrons. The van der Waals surface area contributed by atoms with Crippen LogP contribution in [0.1, 0.15) is 39.7 Å². The average Bonchev–Trinajstić information content (AvgIpc) is 2.46. The van der Waals surface area contributed by atoms with Crippen LogP contribution in [0.4, 0.5) is 4.79 Å². The van der Waals surface area contributed by atoms with E-state index in [-0.39, 0.29) is 12.1 Å². The highest BCUT2D eigenvalue weighted by Gasteiger charge is 2.16. The SMILES string of the molecule is CCC(CNC(=O)OC(C)(C)C)NCc1ccc(OC)cc1. The lowest BCUT2D eigenvalue weighted by Gasteiger charge is -2.22. The second-order valence-corrected chi connectivity index (χ2v) is 6.22. The van der Waals surface area contributed by atoms with E-state index in [9.17, 15) is 4.79 Å². The topological polar surface area (TPSA) is 59.6 Å². The van der Waals surface area contributed by atoms with E-state index >= 15 is 0 Å². The Hall–Kier alpha value is -1.75. The lowest BCUT2D eigenvalue weighted by atomic mass is 10.1. The van der Waals surface area contributed by atoms with Gasteiger partial charge in [-0.3, -0.25) is 0 Å². The molecule has 22 heavy (non-hydrogen) atoms. The minimum Gasteiger partial charge on any atom is -0.497 e. The van der Waals surface area contributed by atoms with Gasteiger partial charge in [0, 0.05) is 19.1 Å². The predicted molar refractivity (Wildman–Crippen MR) is 88.1 cm³/mol. The number of benzene rings is 1. The second kappa shape index (κ2) is 8.63. The molecular formula is C17H28N2O3. The first-order chi connectivity index (χ1) is 10.3. The smallest absolute Gasteiger partial charge is 0.407 e. The Balaban J connectivity index is 2.36. The van der Waals surface area contributed by atoms with Gasteiger partial charge in [0.2, 0.25) is 0 Å². The molecular weight excluding hydrogens is 280 g/mol. The fraction of sp³-hybridized carbons (Fsp3) is 0.588. The standard InChI is InChI=1S/C17H28N2O3/c1-6-14(12-19-16(20)22-17(2,3)4)18-11-13-7-9-15(21-5)10-8-13/h7-10,14,18H,6,11-12H2,1-5H3,(H,19,20). The first-order valence-corrected chi connectivity index (χ1v) is 7.67. The van der Waals surface area contributed by atoms with Gasteiger partial charge in [-0.2, -0.15) is 0 Å². The van der Waals surface area contributed by atoms with Gasteiger partial charge in [0.25, 0.3) is 0 Å². The molecule has 0 spiro atoms.